The lowest BCUT2D eigenvalue weighted by atomic mass is 9.84. The molecule has 0 fully saturated rings. The highest BCUT2D eigenvalue weighted by Crippen LogP contribution is 2.52. The number of halogens is 4. The molecule has 0 radical (unpaired) electrons. The van der Waals surface area contributed by atoms with Crippen molar-refractivity contribution in [2.24, 2.45) is 0 Å². The lowest BCUT2D eigenvalue weighted by Crippen LogP contribution is -2.22. The second-order valence-corrected chi connectivity index (χ2v) is 8.05. The maximum Gasteiger partial charge on any atom is 0.435 e. The maximum atomic E-state index is 14.1. The molecule has 0 spiro atoms. The number of hydrogen-bond donors (Lipinski definition) is 0. The van der Waals surface area contributed by atoms with Crippen molar-refractivity contribution >= 4 is 17.4 Å². The topological polar surface area (TPSA) is 44.1 Å². The molecule has 0 unspecified atom stereocenters. The molecule has 0 amide bonds. The van der Waals surface area contributed by atoms with Gasteiger partial charge < -0.3 is 4.74 Å². The molecule has 8 heteroatoms. The average molecular weight is 469 g/mol. The number of nitrogens with zero attached hydrogens (tertiary/aromatic N) is 2. The number of alkyl halides is 3. The van der Waals surface area contributed by atoms with Gasteiger partial charge in [-0.3, -0.25) is 4.79 Å². The number of fused-ring (bicyclic) bond motifs is 1. The van der Waals surface area contributed by atoms with Crippen LogP contribution in [0.2, 0.25) is 5.02 Å². The number of Topliss-reactive ketones (excluding diaryl/α,β-unsaturated/α-hetero) is 1. The van der Waals surface area contributed by atoms with Gasteiger partial charge in [0.25, 0.3) is 0 Å². The van der Waals surface area contributed by atoms with E-state index in [1.165, 1.54) is 0 Å². The van der Waals surface area contributed by atoms with E-state index in [4.69, 9.17) is 16.3 Å². The summed E-state index contributed by atoms with van der Waals surface area (Å²) in [5.74, 6) is -1.81. The molecule has 1 aromatic heterocycles. The Kier molecular flexibility index (Phi) is 5.21. The van der Waals surface area contributed by atoms with E-state index in [1.807, 2.05) is 0 Å². The maximum absolute atomic E-state index is 14.1. The number of rotatable bonds is 4. The first-order chi connectivity index (χ1) is 15.8. The van der Waals surface area contributed by atoms with Gasteiger partial charge in [-0.1, -0.05) is 72.3 Å². The zero-order valence-electron chi connectivity index (χ0n) is 17.0. The van der Waals surface area contributed by atoms with Gasteiger partial charge in [-0.05, 0) is 29.8 Å². The van der Waals surface area contributed by atoms with Gasteiger partial charge in [0.15, 0.2) is 11.5 Å². The fourth-order valence-corrected chi connectivity index (χ4v) is 4.19. The number of hydrogen-bond acceptors (Lipinski definition) is 3. The summed E-state index contributed by atoms with van der Waals surface area (Å²) in [6.45, 7) is 0. The molecule has 5 rings (SSSR count). The molecule has 33 heavy (non-hydrogen) atoms. The van der Waals surface area contributed by atoms with Crippen LogP contribution in [0.4, 0.5) is 13.2 Å². The SMILES string of the molecule is O=C(c1ccccc1)[C@H]1c2c(C(F)(F)F)nn(-c3ccccc3)c2O[C@@H]1c1ccc(Cl)cc1. The van der Waals surface area contributed by atoms with Gasteiger partial charge in [0.1, 0.15) is 6.10 Å². The quantitative estimate of drug-likeness (QED) is 0.315. The largest absolute Gasteiger partial charge is 0.468 e. The Balaban J connectivity index is 1.74. The number of benzene rings is 3. The molecular formula is C25H16ClF3N2O2. The van der Waals surface area contributed by atoms with E-state index in [0.29, 0.717) is 21.8 Å². The minimum atomic E-state index is -4.78. The molecule has 3 aromatic carbocycles. The number of carbonyl (C=O) groups excluding carboxylic acids is 1. The van der Waals surface area contributed by atoms with E-state index in [-0.39, 0.29) is 11.4 Å². The van der Waals surface area contributed by atoms with Crippen molar-refractivity contribution in [1.82, 2.24) is 9.78 Å². The van der Waals surface area contributed by atoms with Crippen molar-refractivity contribution in [2.45, 2.75) is 18.2 Å². The molecule has 166 valence electrons. The highest BCUT2D eigenvalue weighted by atomic mass is 35.5. The van der Waals surface area contributed by atoms with E-state index < -0.39 is 29.7 Å². The Morgan fingerprint density at radius 3 is 2.12 bits per heavy atom. The van der Waals surface area contributed by atoms with Crippen LogP contribution >= 0.6 is 11.6 Å². The summed E-state index contributed by atoms with van der Waals surface area (Å²) < 4.78 is 49.6. The van der Waals surface area contributed by atoms with Crippen LogP contribution in [-0.2, 0) is 6.18 Å². The van der Waals surface area contributed by atoms with E-state index >= 15 is 0 Å². The minimum absolute atomic E-state index is 0.0947. The number of ether oxygens (including phenoxy) is 1. The van der Waals surface area contributed by atoms with Crippen molar-refractivity contribution in [1.29, 1.82) is 0 Å². The zero-order valence-corrected chi connectivity index (χ0v) is 17.7. The molecule has 4 aromatic rings. The molecule has 0 aliphatic carbocycles. The van der Waals surface area contributed by atoms with Crippen molar-refractivity contribution in [3.63, 3.8) is 0 Å². The van der Waals surface area contributed by atoms with Gasteiger partial charge in [-0.15, -0.1) is 0 Å². The Bertz CT molecular complexity index is 1300. The lowest BCUT2D eigenvalue weighted by Gasteiger charge is -2.20. The third-order valence-corrected chi connectivity index (χ3v) is 5.79. The summed E-state index contributed by atoms with van der Waals surface area (Å²) in [4.78, 5) is 13.6. The fraction of sp³-hybridized carbons (Fsp3) is 0.120. The summed E-state index contributed by atoms with van der Waals surface area (Å²) >= 11 is 6.00. The first-order valence-electron chi connectivity index (χ1n) is 10.1. The van der Waals surface area contributed by atoms with Crippen LogP contribution in [0.3, 0.4) is 0 Å². The Hall–Kier alpha value is -3.58. The fourth-order valence-electron chi connectivity index (χ4n) is 4.07. The van der Waals surface area contributed by atoms with E-state index in [2.05, 4.69) is 5.10 Å². The lowest BCUT2D eigenvalue weighted by molar-refractivity contribution is -0.142. The van der Waals surface area contributed by atoms with Crippen molar-refractivity contribution in [3.05, 3.63) is 112 Å². The van der Waals surface area contributed by atoms with Crippen LogP contribution in [0.1, 0.15) is 39.2 Å². The summed E-state index contributed by atoms with van der Waals surface area (Å²) in [5, 5.41) is 4.30. The number of aromatic nitrogens is 2. The van der Waals surface area contributed by atoms with Gasteiger partial charge in [0.2, 0.25) is 5.88 Å². The molecule has 0 bridgehead atoms. The average Bonchev–Trinajstić information content (AvgIpc) is 3.37. The third kappa shape index (κ3) is 3.78. The summed E-state index contributed by atoms with van der Waals surface area (Å²) in [6.07, 6.45) is -5.75. The van der Waals surface area contributed by atoms with Gasteiger partial charge in [-0.2, -0.15) is 18.3 Å². The van der Waals surface area contributed by atoms with E-state index in [0.717, 1.165) is 4.68 Å². The van der Waals surface area contributed by atoms with Crippen molar-refractivity contribution in [3.8, 4) is 11.6 Å². The summed E-state index contributed by atoms with van der Waals surface area (Å²) in [7, 11) is 0. The molecule has 4 nitrogen and oxygen atoms in total. The smallest absolute Gasteiger partial charge is 0.435 e. The second-order valence-electron chi connectivity index (χ2n) is 7.61. The third-order valence-electron chi connectivity index (χ3n) is 5.54. The molecule has 2 atom stereocenters. The molecular weight excluding hydrogens is 453 g/mol. The molecule has 1 aliphatic rings. The number of carbonyl (C=O) groups is 1. The Labute approximate surface area is 192 Å². The number of ketones is 1. The Morgan fingerprint density at radius 2 is 1.52 bits per heavy atom. The van der Waals surface area contributed by atoms with Crippen molar-refractivity contribution in [2.75, 3.05) is 0 Å². The van der Waals surface area contributed by atoms with Gasteiger partial charge in [0.05, 0.1) is 17.2 Å². The predicted octanol–water partition coefficient (Wildman–Crippen LogP) is 6.64. The van der Waals surface area contributed by atoms with E-state index in [9.17, 15) is 18.0 Å². The molecule has 2 heterocycles. The molecule has 0 saturated heterocycles. The highest BCUT2D eigenvalue weighted by molar-refractivity contribution is 6.30. The molecule has 0 saturated carbocycles. The molecule has 0 N–H and O–H groups in total. The minimum Gasteiger partial charge on any atom is -0.468 e. The highest BCUT2D eigenvalue weighted by Gasteiger charge is 2.51. The van der Waals surface area contributed by atoms with Crippen LogP contribution in [-0.4, -0.2) is 15.6 Å². The predicted molar refractivity (Wildman–Crippen MR) is 117 cm³/mol. The van der Waals surface area contributed by atoms with Crippen LogP contribution in [0.5, 0.6) is 5.88 Å². The van der Waals surface area contributed by atoms with Crippen molar-refractivity contribution < 1.29 is 22.7 Å². The Morgan fingerprint density at radius 1 is 0.909 bits per heavy atom. The summed E-state index contributed by atoms with van der Waals surface area (Å²) in [6, 6.07) is 23.1. The second kappa shape index (κ2) is 8.08. The van der Waals surface area contributed by atoms with E-state index in [1.54, 1.807) is 84.9 Å². The standard InChI is InChI=1S/C25H16ClF3N2O2/c26-17-13-11-16(12-14-17)22-19(21(32)15-7-3-1-4-8-15)20-23(25(27,28)29)30-31(24(20)33-22)18-9-5-2-6-10-18/h1-14,19,22H/t19-,22-/m1/s1. The van der Waals surface area contributed by atoms with Crippen LogP contribution in [0, 0.1) is 0 Å². The van der Waals surface area contributed by atoms with Gasteiger partial charge >= 0.3 is 6.18 Å². The van der Waals surface area contributed by atoms with Gasteiger partial charge in [-0.25, -0.2) is 4.68 Å². The van der Waals surface area contributed by atoms with Crippen LogP contribution in [0.15, 0.2) is 84.9 Å². The first-order valence-corrected chi connectivity index (χ1v) is 10.5. The van der Waals surface area contributed by atoms with Gasteiger partial charge in [0, 0.05) is 10.6 Å². The summed E-state index contributed by atoms with van der Waals surface area (Å²) in [5.41, 5.74) is -0.171. The monoisotopic (exact) mass is 468 g/mol. The first kappa shape index (κ1) is 21.3. The van der Waals surface area contributed by atoms with Crippen LogP contribution in [0.25, 0.3) is 5.69 Å². The molecule has 1 aliphatic heterocycles. The zero-order chi connectivity index (χ0) is 23.2. The normalized spacial score (nSPS) is 17.5. The number of para-hydroxylation sites is 1. The van der Waals surface area contributed by atoms with Crippen LogP contribution < -0.4 is 4.74 Å².